The van der Waals surface area contributed by atoms with Gasteiger partial charge in [0.15, 0.2) is 0 Å². The number of halogens is 2. The molecule has 2 heterocycles. The molecule has 4 nitrogen and oxygen atoms in total. The fourth-order valence-electron chi connectivity index (χ4n) is 1.90. The highest BCUT2D eigenvalue weighted by molar-refractivity contribution is 7.00. The Kier molecular flexibility index (Phi) is 3.35. The van der Waals surface area contributed by atoms with E-state index in [4.69, 9.17) is 23.2 Å². The number of nitrogens with zero attached hydrogens (tertiary/aromatic N) is 3. The van der Waals surface area contributed by atoms with Gasteiger partial charge in [-0.25, -0.2) is 0 Å². The molecule has 0 radical (unpaired) electrons. The summed E-state index contributed by atoms with van der Waals surface area (Å²) in [6.45, 7) is 0.675. The Hall–Kier alpha value is -1.30. The van der Waals surface area contributed by atoms with Crippen molar-refractivity contribution < 1.29 is 0 Å². The van der Waals surface area contributed by atoms with Crippen molar-refractivity contribution in [3.63, 3.8) is 0 Å². The molecule has 0 aliphatic rings. The van der Waals surface area contributed by atoms with Crippen LogP contribution < -0.4 is 5.32 Å². The molecule has 1 N–H and O–H groups in total. The average Bonchev–Trinajstić information content (AvgIpc) is 2.98. The molecule has 0 spiro atoms. The first kappa shape index (κ1) is 12.7. The van der Waals surface area contributed by atoms with Crippen molar-refractivity contribution in [2.45, 2.75) is 6.54 Å². The van der Waals surface area contributed by atoms with E-state index in [1.807, 2.05) is 30.1 Å². The fraction of sp³-hybridized carbons (Fsp3) is 0.167. The third-order valence-electron chi connectivity index (χ3n) is 2.81. The zero-order chi connectivity index (χ0) is 13.4. The van der Waals surface area contributed by atoms with Gasteiger partial charge in [-0.1, -0.05) is 23.2 Å². The molecule has 2 aromatic heterocycles. The van der Waals surface area contributed by atoms with E-state index < -0.39 is 0 Å². The molecule has 0 amide bonds. The summed E-state index contributed by atoms with van der Waals surface area (Å²) in [4.78, 5) is 0. The normalized spacial score (nSPS) is 11.1. The van der Waals surface area contributed by atoms with Gasteiger partial charge in [-0.05, 0) is 17.7 Å². The summed E-state index contributed by atoms with van der Waals surface area (Å²) in [5, 5.41) is 4.38. The Morgan fingerprint density at radius 2 is 2.05 bits per heavy atom. The van der Waals surface area contributed by atoms with E-state index >= 15 is 0 Å². The van der Waals surface area contributed by atoms with Crippen molar-refractivity contribution in [2.24, 2.45) is 7.05 Å². The smallest absolute Gasteiger partial charge is 0.130 e. The first-order valence-corrected chi connectivity index (χ1v) is 7.09. The number of anilines is 1. The van der Waals surface area contributed by atoms with Crippen LogP contribution in [0.3, 0.4) is 0 Å². The standard InChI is InChI=1S/C12H10Cl2N4S/c1-18-3-2-7(6-18)5-15-10-8(13)4-9(14)11-12(10)17-19-16-11/h2-4,6,15H,5H2,1H3. The molecule has 98 valence electrons. The molecule has 0 bridgehead atoms. The zero-order valence-electron chi connectivity index (χ0n) is 10.0. The third-order valence-corrected chi connectivity index (χ3v) is 3.92. The zero-order valence-corrected chi connectivity index (χ0v) is 12.4. The number of fused-ring (bicyclic) bond motifs is 1. The lowest BCUT2D eigenvalue weighted by atomic mass is 10.2. The van der Waals surface area contributed by atoms with E-state index in [2.05, 4.69) is 14.1 Å². The minimum atomic E-state index is 0.527. The Morgan fingerprint density at radius 3 is 2.79 bits per heavy atom. The second-order valence-corrected chi connectivity index (χ2v) is 5.56. The first-order chi connectivity index (χ1) is 9.15. The van der Waals surface area contributed by atoms with Gasteiger partial charge in [0, 0.05) is 26.0 Å². The van der Waals surface area contributed by atoms with Crippen molar-refractivity contribution in [2.75, 3.05) is 5.32 Å². The maximum Gasteiger partial charge on any atom is 0.130 e. The van der Waals surface area contributed by atoms with Crippen LogP contribution in [0.15, 0.2) is 24.5 Å². The molecule has 0 saturated heterocycles. The van der Waals surface area contributed by atoms with Crippen LogP contribution in [-0.2, 0) is 13.6 Å². The van der Waals surface area contributed by atoms with Gasteiger partial charge < -0.3 is 9.88 Å². The van der Waals surface area contributed by atoms with E-state index in [1.165, 1.54) is 5.56 Å². The van der Waals surface area contributed by atoms with Gasteiger partial charge in [0.1, 0.15) is 11.0 Å². The number of nitrogens with one attached hydrogen (secondary N) is 1. The summed E-state index contributed by atoms with van der Waals surface area (Å²) < 4.78 is 10.4. The van der Waals surface area contributed by atoms with Gasteiger partial charge in [-0.3, -0.25) is 0 Å². The molecule has 3 aromatic rings. The number of aromatic nitrogens is 3. The van der Waals surface area contributed by atoms with E-state index in [-0.39, 0.29) is 0 Å². The molecular weight excluding hydrogens is 303 g/mol. The summed E-state index contributed by atoms with van der Waals surface area (Å²) in [6.07, 6.45) is 4.05. The maximum atomic E-state index is 6.22. The van der Waals surface area contributed by atoms with Gasteiger partial charge in [0.2, 0.25) is 0 Å². The highest BCUT2D eigenvalue weighted by Crippen LogP contribution is 2.35. The van der Waals surface area contributed by atoms with Crippen molar-refractivity contribution in [3.05, 3.63) is 40.1 Å². The van der Waals surface area contributed by atoms with Crippen LogP contribution >= 0.6 is 34.9 Å². The van der Waals surface area contributed by atoms with Crippen LogP contribution in [0.1, 0.15) is 5.56 Å². The second kappa shape index (κ2) is 5.00. The van der Waals surface area contributed by atoms with Crippen molar-refractivity contribution in [1.82, 2.24) is 13.3 Å². The highest BCUT2D eigenvalue weighted by atomic mass is 35.5. The lowest BCUT2D eigenvalue weighted by molar-refractivity contribution is 0.920. The van der Waals surface area contributed by atoms with Crippen LogP contribution in [0.5, 0.6) is 0 Å². The fourth-order valence-corrected chi connectivity index (χ4v) is 3.08. The highest BCUT2D eigenvalue weighted by Gasteiger charge is 2.13. The van der Waals surface area contributed by atoms with Crippen molar-refractivity contribution in [1.29, 1.82) is 0 Å². The Morgan fingerprint density at radius 1 is 1.26 bits per heavy atom. The molecule has 0 fully saturated rings. The van der Waals surface area contributed by atoms with E-state index in [1.54, 1.807) is 6.07 Å². The minimum Gasteiger partial charge on any atom is -0.378 e. The largest absolute Gasteiger partial charge is 0.378 e. The molecule has 3 rings (SSSR count). The molecule has 0 atom stereocenters. The van der Waals surface area contributed by atoms with Gasteiger partial charge in [-0.15, -0.1) is 0 Å². The minimum absolute atomic E-state index is 0.527. The Bertz CT molecular complexity index is 734. The molecule has 0 unspecified atom stereocenters. The van der Waals surface area contributed by atoms with Crippen LogP contribution in [0.4, 0.5) is 5.69 Å². The first-order valence-electron chi connectivity index (χ1n) is 5.60. The second-order valence-electron chi connectivity index (χ2n) is 4.22. The van der Waals surface area contributed by atoms with E-state index in [9.17, 15) is 0 Å². The quantitative estimate of drug-likeness (QED) is 0.796. The summed E-state index contributed by atoms with van der Waals surface area (Å²) >= 11 is 13.4. The average molecular weight is 313 g/mol. The predicted molar refractivity (Wildman–Crippen MR) is 80.2 cm³/mol. The summed E-state index contributed by atoms with van der Waals surface area (Å²) in [6, 6.07) is 3.74. The molecule has 7 heteroatoms. The molecular formula is C12H10Cl2N4S. The Balaban J connectivity index is 1.94. The van der Waals surface area contributed by atoms with Crippen LogP contribution in [0.25, 0.3) is 11.0 Å². The van der Waals surface area contributed by atoms with Crippen LogP contribution in [0, 0.1) is 0 Å². The molecule has 1 aromatic carbocycles. The van der Waals surface area contributed by atoms with Gasteiger partial charge in [0.25, 0.3) is 0 Å². The SMILES string of the molecule is Cn1ccc(CNc2c(Cl)cc(Cl)c3nsnc23)c1. The Labute approximate surface area is 124 Å². The van der Waals surface area contributed by atoms with Gasteiger partial charge in [0.05, 0.1) is 27.5 Å². The van der Waals surface area contributed by atoms with Crippen molar-refractivity contribution in [3.8, 4) is 0 Å². The van der Waals surface area contributed by atoms with Gasteiger partial charge >= 0.3 is 0 Å². The lowest BCUT2D eigenvalue weighted by Gasteiger charge is -2.08. The maximum absolute atomic E-state index is 6.22. The van der Waals surface area contributed by atoms with Crippen LogP contribution in [0.2, 0.25) is 10.0 Å². The predicted octanol–water partition coefficient (Wildman–Crippen LogP) is 3.95. The topological polar surface area (TPSA) is 42.7 Å². The van der Waals surface area contributed by atoms with Gasteiger partial charge in [-0.2, -0.15) is 8.75 Å². The third kappa shape index (κ3) is 2.41. The number of hydrogen-bond acceptors (Lipinski definition) is 4. The number of aryl methyl sites for hydroxylation is 1. The summed E-state index contributed by atoms with van der Waals surface area (Å²) in [5.41, 5.74) is 3.36. The van der Waals surface area contributed by atoms with E-state index in [0.29, 0.717) is 22.1 Å². The molecule has 0 saturated carbocycles. The molecule has 0 aliphatic heterocycles. The number of hydrogen-bond donors (Lipinski definition) is 1. The number of rotatable bonds is 3. The van der Waals surface area contributed by atoms with Crippen LogP contribution in [-0.4, -0.2) is 13.3 Å². The lowest BCUT2D eigenvalue weighted by Crippen LogP contribution is -2.00. The summed E-state index contributed by atoms with van der Waals surface area (Å²) in [5.74, 6) is 0. The molecule has 19 heavy (non-hydrogen) atoms. The van der Waals surface area contributed by atoms with E-state index in [0.717, 1.165) is 22.9 Å². The summed E-state index contributed by atoms with van der Waals surface area (Å²) in [7, 11) is 1.99. The monoisotopic (exact) mass is 312 g/mol. The van der Waals surface area contributed by atoms with Crippen molar-refractivity contribution >= 4 is 51.7 Å². The number of benzene rings is 1. The molecule has 0 aliphatic carbocycles.